The van der Waals surface area contributed by atoms with Crippen LogP contribution in [-0.2, 0) is 9.59 Å². The number of hydrogen-bond acceptors (Lipinski definition) is 4. The quantitative estimate of drug-likeness (QED) is 0.288. The predicted molar refractivity (Wildman–Crippen MR) is 93.9 cm³/mol. The molecule has 0 rings (SSSR count). The van der Waals surface area contributed by atoms with Crippen LogP contribution in [0.2, 0.25) is 0 Å². The van der Waals surface area contributed by atoms with E-state index < -0.39 is 12.0 Å². The highest BCUT2D eigenvalue weighted by atomic mass is 32.1. The zero-order valence-electron chi connectivity index (χ0n) is 14.4. The Labute approximate surface area is 146 Å². The van der Waals surface area contributed by atoms with Crippen LogP contribution >= 0.6 is 12.6 Å². The van der Waals surface area contributed by atoms with Crippen LogP contribution in [0.1, 0.15) is 77.0 Å². The Bertz CT molecular complexity index is 314. The first-order valence-corrected chi connectivity index (χ1v) is 9.65. The van der Waals surface area contributed by atoms with Gasteiger partial charge in [-0.2, -0.15) is 12.6 Å². The smallest absolute Gasteiger partial charge is 0.220 e. The third-order valence-corrected chi connectivity index (χ3v) is 4.32. The minimum absolute atomic E-state index is 0.0589. The number of nitrogens with one attached hydrogen (secondary N) is 1. The summed E-state index contributed by atoms with van der Waals surface area (Å²) in [5.74, 6) is -1.45. The van der Waals surface area contributed by atoms with Crippen molar-refractivity contribution in [3.63, 3.8) is 0 Å². The number of carboxylic acid groups (broad SMARTS) is 1. The van der Waals surface area contributed by atoms with Crippen molar-refractivity contribution in [2.75, 3.05) is 12.3 Å². The van der Waals surface area contributed by atoms with Crippen molar-refractivity contribution in [3.05, 3.63) is 0 Å². The van der Waals surface area contributed by atoms with E-state index in [0.29, 0.717) is 6.42 Å². The van der Waals surface area contributed by atoms with Crippen molar-refractivity contribution < 1.29 is 20.4 Å². The van der Waals surface area contributed by atoms with Gasteiger partial charge in [-0.15, -0.1) is 0 Å². The number of hydrogen-bond donors (Lipinski definition) is 3. The van der Waals surface area contributed by atoms with Gasteiger partial charge in [-0.3, -0.25) is 4.79 Å². The molecule has 0 fully saturated rings. The van der Waals surface area contributed by atoms with Crippen molar-refractivity contribution >= 4 is 24.5 Å². The van der Waals surface area contributed by atoms with Gasteiger partial charge in [-0.1, -0.05) is 51.4 Å². The van der Waals surface area contributed by atoms with Crippen LogP contribution in [-0.4, -0.2) is 30.2 Å². The number of aliphatic carboxylic acids is 1. The fraction of sp³-hybridized carbons (Fsp3) is 0.882. The maximum atomic E-state index is 11.6. The second-order valence-electron chi connectivity index (χ2n) is 6.11. The Balaban J connectivity index is 3.32. The van der Waals surface area contributed by atoms with Gasteiger partial charge in [-0.05, 0) is 19.3 Å². The van der Waals surface area contributed by atoms with Gasteiger partial charge in [0.25, 0.3) is 0 Å². The Hall–Kier alpha value is -0.750. The summed E-state index contributed by atoms with van der Waals surface area (Å²) in [6, 6.07) is -0.987. The van der Waals surface area contributed by atoms with E-state index in [1.807, 2.05) is 0 Å². The van der Waals surface area contributed by atoms with Gasteiger partial charge in [0.2, 0.25) is 5.91 Å². The molecule has 0 aromatic rings. The van der Waals surface area contributed by atoms with E-state index in [0.717, 1.165) is 25.8 Å². The molecule has 0 saturated heterocycles. The number of rotatable bonds is 16. The van der Waals surface area contributed by atoms with Crippen LogP contribution in [0.5, 0.6) is 0 Å². The zero-order valence-corrected chi connectivity index (χ0v) is 15.3. The highest BCUT2D eigenvalue weighted by molar-refractivity contribution is 7.80. The number of quaternary nitrogens is 1. The minimum Gasteiger partial charge on any atom is -0.548 e. The van der Waals surface area contributed by atoms with E-state index >= 15 is 0 Å². The average molecular weight is 347 g/mol. The van der Waals surface area contributed by atoms with Gasteiger partial charge in [0.05, 0.1) is 18.6 Å². The molecule has 6 heteroatoms. The summed E-state index contributed by atoms with van der Waals surface area (Å²) in [5, 5.41) is 13.1. The molecule has 0 aromatic carbocycles. The average Bonchev–Trinajstić information content (AvgIpc) is 2.53. The summed E-state index contributed by atoms with van der Waals surface area (Å²) in [6.07, 6.45) is 13.7. The first-order chi connectivity index (χ1) is 11.1. The third-order valence-electron chi connectivity index (χ3n) is 3.96. The van der Waals surface area contributed by atoms with E-state index in [2.05, 4.69) is 23.7 Å². The highest BCUT2D eigenvalue weighted by Gasteiger charge is 2.10. The minimum atomic E-state index is -1.28. The maximum absolute atomic E-state index is 11.6. The number of unbranched alkanes of at least 4 members (excludes halogenated alkanes) is 10. The van der Waals surface area contributed by atoms with Gasteiger partial charge in [-0.25, -0.2) is 0 Å². The van der Waals surface area contributed by atoms with Crippen LogP contribution in [0, 0.1) is 0 Å². The molecule has 0 aliphatic heterocycles. The van der Waals surface area contributed by atoms with Gasteiger partial charge in [0.1, 0.15) is 0 Å². The lowest BCUT2D eigenvalue weighted by molar-refractivity contribution is -0.368. The fourth-order valence-electron chi connectivity index (χ4n) is 2.50. The van der Waals surface area contributed by atoms with Crippen LogP contribution in [0.15, 0.2) is 0 Å². The molecule has 136 valence electrons. The monoisotopic (exact) mass is 346 g/mol. The van der Waals surface area contributed by atoms with Crippen LogP contribution in [0.4, 0.5) is 0 Å². The molecule has 5 nitrogen and oxygen atoms in total. The third kappa shape index (κ3) is 14.6. The Morgan fingerprint density at radius 3 is 1.70 bits per heavy atom. The molecule has 0 bridgehead atoms. The molecule has 23 heavy (non-hydrogen) atoms. The molecule has 1 unspecified atom stereocenters. The van der Waals surface area contributed by atoms with Gasteiger partial charge in [0.15, 0.2) is 0 Å². The first kappa shape index (κ1) is 22.2. The molecule has 0 spiro atoms. The number of carboxylic acids is 1. The van der Waals surface area contributed by atoms with Crippen molar-refractivity contribution in [1.29, 1.82) is 0 Å². The lowest BCUT2D eigenvalue weighted by Crippen LogP contribution is -2.50. The summed E-state index contributed by atoms with van der Waals surface area (Å²) < 4.78 is 0. The molecule has 0 aliphatic carbocycles. The van der Waals surface area contributed by atoms with Crippen molar-refractivity contribution in [2.24, 2.45) is 0 Å². The maximum Gasteiger partial charge on any atom is 0.220 e. The van der Waals surface area contributed by atoms with Crippen LogP contribution in [0.25, 0.3) is 0 Å². The van der Waals surface area contributed by atoms with E-state index in [-0.39, 0.29) is 11.7 Å². The van der Waals surface area contributed by atoms with Crippen molar-refractivity contribution in [2.45, 2.75) is 83.1 Å². The van der Waals surface area contributed by atoms with Gasteiger partial charge >= 0.3 is 0 Å². The van der Waals surface area contributed by atoms with Gasteiger partial charge < -0.3 is 21.0 Å². The van der Waals surface area contributed by atoms with Gasteiger partial charge in [0, 0.05) is 12.2 Å². The summed E-state index contributed by atoms with van der Waals surface area (Å²) in [5.41, 5.74) is 3.85. The SMILES string of the molecule is [NH3+]CCCCCCCCCCCCCC(=O)NC(CS)C(=O)[O-]. The molecule has 0 saturated carbocycles. The lowest BCUT2D eigenvalue weighted by atomic mass is 10.0. The number of amides is 1. The molecule has 1 atom stereocenters. The molecule has 0 heterocycles. The van der Waals surface area contributed by atoms with Crippen LogP contribution < -0.4 is 16.2 Å². The first-order valence-electron chi connectivity index (χ1n) is 9.02. The van der Waals surface area contributed by atoms with E-state index in [9.17, 15) is 14.7 Å². The fourth-order valence-corrected chi connectivity index (χ4v) is 2.74. The second kappa shape index (κ2) is 16.1. The second-order valence-corrected chi connectivity index (χ2v) is 6.48. The molecule has 0 radical (unpaired) electrons. The number of carbonyl (C=O) groups is 2. The standard InChI is InChI=1S/C17H34N2O3S/c18-13-11-9-7-5-3-1-2-4-6-8-10-12-16(20)19-15(14-23)17(21)22/h15,23H,1-14,18H2,(H,19,20)(H,21,22). The van der Waals surface area contributed by atoms with Crippen molar-refractivity contribution in [3.8, 4) is 0 Å². The summed E-state index contributed by atoms with van der Waals surface area (Å²) >= 11 is 3.88. The van der Waals surface area contributed by atoms with Crippen molar-refractivity contribution in [1.82, 2.24) is 5.32 Å². The molecule has 1 amide bonds. The Morgan fingerprint density at radius 2 is 1.30 bits per heavy atom. The largest absolute Gasteiger partial charge is 0.548 e. The molecular weight excluding hydrogens is 312 g/mol. The molecule has 0 aliphatic rings. The normalized spacial score (nSPS) is 12.1. The molecular formula is C17H34N2O3S. The van der Waals surface area contributed by atoms with E-state index in [1.165, 1.54) is 51.4 Å². The number of carbonyl (C=O) groups excluding carboxylic acids is 2. The molecule has 4 N–H and O–H groups in total. The number of thiol groups is 1. The summed E-state index contributed by atoms with van der Waals surface area (Å²) in [6.45, 7) is 1.06. The topological polar surface area (TPSA) is 96.9 Å². The predicted octanol–water partition coefficient (Wildman–Crippen LogP) is 1.07. The summed E-state index contributed by atoms with van der Waals surface area (Å²) in [7, 11) is 0. The summed E-state index contributed by atoms with van der Waals surface area (Å²) in [4.78, 5) is 22.2. The Morgan fingerprint density at radius 1 is 0.870 bits per heavy atom. The zero-order chi connectivity index (χ0) is 17.3. The van der Waals surface area contributed by atoms with Crippen LogP contribution in [0.3, 0.4) is 0 Å². The Kier molecular flexibility index (Phi) is 15.6. The lowest BCUT2D eigenvalue weighted by Gasteiger charge is -2.17. The highest BCUT2D eigenvalue weighted by Crippen LogP contribution is 2.11. The molecule has 0 aromatic heterocycles. The van der Waals surface area contributed by atoms with E-state index in [1.54, 1.807) is 0 Å². The van der Waals surface area contributed by atoms with E-state index in [4.69, 9.17) is 0 Å².